The van der Waals surface area contributed by atoms with Crippen LogP contribution < -0.4 is 15.6 Å². The van der Waals surface area contributed by atoms with Crippen molar-refractivity contribution in [1.29, 1.82) is 0 Å². The molecule has 124 valence electrons. The molecule has 1 heterocycles. The molecule has 24 heavy (non-hydrogen) atoms. The van der Waals surface area contributed by atoms with E-state index in [2.05, 4.69) is 38.1 Å². The third kappa shape index (κ3) is 3.49. The van der Waals surface area contributed by atoms with Gasteiger partial charge in [-0.1, -0.05) is 18.2 Å². The maximum atomic E-state index is 12.1. The fourth-order valence-electron chi connectivity index (χ4n) is 2.54. The summed E-state index contributed by atoms with van der Waals surface area (Å²) < 4.78 is 6.16. The Morgan fingerprint density at radius 3 is 2.83 bits per heavy atom. The van der Waals surface area contributed by atoms with Crippen molar-refractivity contribution in [3.05, 3.63) is 68.7 Å². The molecule has 0 aliphatic heterocycles. The lowest BCUT2D eigenvalue weighted by Crippen LogP contribution is -2.22. The molecule has 2 aromatic carbocycles. The first kappa shape index (κ1) is 16.7. The number of hydrogen-bond donors (Lipinski definition) is 2. The van der Waals surface area contributed by atoms with E-state index in [0.29, 0.717) is 23.3 Å². The zero-order valence-corrected chi connectivity index (χ0v) is 15.1. The maximum Gasteiger partial charge on any atom is 0.258 e. The van der Waals surface area contributed by atoms with Crippen molar-refractivity contribution in [2.45, 2.75) is 19.5 Å². The van der Waals surface area contributed by atoms with E-state index in [9.17, 15) is 4.79 Å². The van der Waals surface area contributed by atoms with Crippen LogP contribution in [0.1, 0.15) is 24.4 Å². The van der Waals surface area contributed by atoms with E-state index in [0.717, 1.165) is 15.8 Å². The van der Waals surface area contributed by atoms with Gasteiger partial charge in [0.05, 0.1) is 29.0 Å². The van der Waals surface area contributed by atoms with Crippen LogP contribution in [0.15, 0.2) is 51.7 Å². The number of rotatable bonds is 5. The molecule has 3 aromatic rings. The van der Waals surface area contributed by atoms with Gasteiger partial charge in [-0.2, -0.15) is 0 Å². The molecule has 0 aliphatic rings. The second-order valence-corrected chi connectivity index (χ2v) is 6.38. The standard InChI is InChI=1S/C18H18BrN3O2/c1-11(12-7-8-16(24-2)14(19)9-12)20-10-17-21-15-6-4-3-5-13(15)18(23)22-17/h3-9,11,20H,10H2,1-2H3,(H,21,22,23)/t11-/m1/s1. The SMILES string of the molecule is COc1ccc([C@@H](C)NCc2nc3ccccc3c(=O)[nH]2)cc1Br. The van der Waals surface area contributed by atoms with Crippen LogP contribution in [-0.4, -0.2) is 17.1 Å². The molecule has 0 amide bonds. The van der Waals surface area contributed by atoms with Gasteiger partial charge in [-0.15, -0.1) is 0 Å². The van der Waals surface area contributed by atoms with Crippen molar-refractivity contribution >= 4 is 26.8 Å². The summed E-state index contributed by atoms with van der Waals surface area (Å²) in [5.41, 5.74) is 1.71. The third-order valence-corrected chi connectivity index (χ3v) is 4.53. The predicted molar refractivity (Wildman–Crippen MR) is 98.3 cm³/mol. The van der Waals surface area contributed by atoms with E-state index < -0.39 is 0 Å². The van der Waals surface area contributed by atoms with Crippen molar-refractivity contribution in [3.63, 3.8) is 0 Å². The number of halogens is 1. The summed E-state index contributed by atoms with van der Waals surface area (Å²) in [7, 11) is 1.64. The summed E-state index contributed by atoms with van der Waals surface area (Å²) >= 11 is 3.50. The van der Waals surface area contributed by atoms with Gasteiger partial charge in [0, 0.05) is 6.04 Å². The number of fused-ring (bicyclic) bond motifs is 1. The van der Waals surface area contributed by atoms with Crippen LogP contribution >= 0.6 is 15.9 Å². The fraction of sp³-hybridized carbons (Fsp3) is 0.222. The molecule has 0 radical (unpaired) electrons. The van der Waals surface area contributed by atoms with Gasteiger partial charge in [0.2, 0.25) is 0 Å². The molecule has 0 bridgehead atoms. The summed E-state index contributed by atoms with van der Waals surface area (Å²) in [4.78, 5) is 19.4. The minimum Gasteiger partial charge on any atom is -0.496 e. The Kier molecular flexibility index (Phi) is 4.97. The number of benzene rings is 2. The minimum atomic E-state index is -0.114. The first-order chi connectivity index (χ1) is 11.6. The highest BCUT2D eigenvalue weighted by Crippen LogP contribution is 2.28. The number of nitrogens with one attached hydrogen (secondary N) is 2. The molecular weight excluding hydrogens is 370 g/mol. The lowest BCUT2D eigenvalue weighted by Gasteiger charge is -2.15. The molecule has 0 saturated heterocycles. The number of nitrogens with zero attached hydrogens (tertiary/aromatic N) is 1. The largest absolute Gasteiger partial charge is 0.496 e. The Balaban J connectivity index is 1.75. The molecule has 1 aromatic heterocycles. The second kappa shape index (κ2) is 7.15. The van der Waals surface area contributed by atoms with Crippen molar-refractivity contribution in [2.24, 2.45) is 0 Å². The van der Waals surface area contributed by atoms with Crippen molar-refractivity contribution in [3.8, 4) is 5.75 Å². The molecule has 0 spiro atoms. The number of aromatic amines is 1. The lowest BCUT2D eigenvalue weighted by atomic mass is 10.1. The fourth-order valence-corrected chi connectivity index (χ4v) is 3.10. The van der Waals surface area contributed by atoms with E-state index in [1.807, 2.05) is 36.4 Å². The molecule has 0 aliphatic carbocycles. The Hall–Kier alpha value is -2.18. The van der Waals surface area contributed by atoms with Gasteiger partial charge in [-0.3, -0.25) is 4.79 Å². The summed E-state index contributed by atoms with van der Waals surface area (Å²) in [5.74, 6) is 1.42. The van der Waals surface area contributed by atoms with E-state index in [1.165, 1.54) is 0 Å². The van der Waals surface area contributed by atoms with Gasteiger partial charge in [0.25, 0.3) is 5.56 Å². The first-order valence-electron chi connectivity index (χ1n) is 7.63. The van der Waals surface area contributed by atoms with Crippen LogP contribution in [0.3, 0.4) is 0 Å². The van der Waals surface area contributed by atoms with Crippen LogP contribution in [-0.2, 0) is 6.54 Å². The quantitative estimate of drug-likeness (QED) is 0.702. The normalized spacial score (nSPS) is 12.3. The maximum absolute atomic E-state index is 12.1. The molecular formula is C18H18BrN3O2. The van der Waals surface area contributed by atoms with Gasteiger partial charge in [0.1, 0.15) is 11.6 Å². The molecule has 0 saturated carbocycles. The van der Waals surface area contributed by atoms with Crippen molar-refractivity contribution in [1.82, 2.24) is 15.3 Å². The van der Waals surface area contributed by atoms with Gasteiger partial charge >= 0.3 is 0 Å². The van der Waals surface area contributed by atoms with E-state index in [4.69, 9.17) is 4.74 Å². The molecule has 1 atom stereocenters. The van der Waals surface area contributed by atoms with Crippen molar-refractivity contribution < 1.29 is 4.74 Å². The zero-order valence-electron chi connectivity index (χ0n) is 13.5. The van der Waals surface area contributed by atoms with Gasteiger partial charge in [-0.05, 0) is 52.7 Å². The minimum absolute atomic E-state index is 0.101. The van der Waals surface area contributed by atoms with E-state index >= 15 is 0 Å². The highest BCUT2D eigenvalue weighted by atomic mass is 79.9. The zero-order chi connectivity index (χ0) is 17.1. The molecule has 2 N–H and O–H groups in total. The van der Waals surface area contributed by atoms with E-state index in [1.54, 1.807) is 13.2 Å². The average Bonchev–Trinajstić information content (AvgIpc) is 2.59. The number of methoxy groups -OCH3 is 1. The van der Waals surface area contributed by atoms with Gasteiger partial charge in [0.15, 0.2) is 0 Å². The Morgan fingerprint density at radius 2 is 2.08 bits per heavy atom. The number of ether oxygens (including phenoxy) is 1. The number of para-hydroxylation sites is 1. The predicted octanol–water partition coefficient (Wildman–Crippen LogP) is 3.55. The lowest BCUT2D eigenvalue weighted by molar-refractivity contribution is 0.411. The summed E-state index contributed by atoms with van der Waals surface area (Å²) in [6.45, 7) is 2.54. The van der Waals surface area contributed by atoms with Crippen LogP contribution in [0.5, 0.6) is 5.75 Å². The monoisotopic (exact) mass is 387 g/mol. The van der Waals surface area contributed by atoms with Crippen molar-refractivity contribution in [2.75, 3.05) is 7.11 Å². The highest BCUT2D eigenvalue weighted by Gasteiger charge is 2.09. The van der Waals surface area contributed by atoms with E-state index in [-0.39, 0.29) is 11.6 Å². The molecule has 0 fully saturated rings. The summed E-state index contributed by atoms with van der Waals surface area (Å²) in [6, 6.07) is 13.4. The first-order valence-corrected chi connectivity index (χ1v) is 8.42. The summed E-state index contributed by atoms with van der Waals surface area (Å²) in [5, 5.41) is 3.98. The van der Waals surface area contributed by atoms with Crippen LogP contribution in [0.25, 0.3) is 10.9 Å². The second-order valence-electron chi connectivity index (χ2n) is 5.53. The Labute approximate surface area is 148 Å². The average molecular weight is 388 g/mol. The van der Waals surface area contributed by atoms with Gasteiger partial charge < -0.3 is 15.0 Å². The number of aromatic nitrogens is 2. The van der Waals surface area contributed by atoms with Crippen LogP contribution in [0.4, 0.5) is 0 Å². The summed E-state index contributed by atoms with van der Waals surface area (Å²) in [6.07, 6.45) is 0. The molecule has 3 rings (SSSR count). The van der Waals surface area contributed by atoms with Gasteiger partial charge in [-0.25, -0.2) is 4.98 Å². The molecule has 5 nitrogen and oxygen atoms in total. The third-order valence-electron chi connectivity index (χ3n) is 3.91. The molecule has 0 unspecified atom stereocenters. The topological polar surface area (TPSA) is 67.0 Å². The smallest absolute Gasteiger partial charge is 0.258 e. The Morgan fingerprint density at radius 1 is 1.29 bits per heavy atom. The van der Waals surface area contributed by atoms with Crippen LogP contribution in [0, 0.1) is 0 Å². The Bertz CT molecular complexity index is 924. The molecule has 6 heteroatoms. The highest BCUT2D eigenvalue weighted by molar-refractivity contribution is 9.10. The van der Waals surface area contributed by atoms with Crippen LogP contribution in [0.2, 0.25) is 0 Å². The number of hydrogen-bond acceptors (Lipinski definition) is 4. The number of H-pyrrole nitrogens is 1.